The monoisotopic (exact) mass is 236 g/mol. The second kappa shape index (κ2) is 3.82. The van der Waals surface area contributed by atoms with Crippen LogP contribution in [0.2, 0.25) is 0 Å². The fourth-order valence-corrected chi connectivity index (χ4v) is 4.66. The highest BCUT2D eigenvalue weighted by Gasteiger charge is 2.60. The van der Waals surface area contributed by atoms with Crippen LogP contribution in [0.4, 0.5) is 0 Å². The molecule has 4 unspecified atom stereocenters. The molecule has 17 heavy (non-hydrogen) atoms. The van der Waals surface area contributed by atoms with Crippen LogP contribution in [0.5, 0.6) is 0 Å². The van der Waals surface area contributed by atoms with Gasteiger partial charge in [-0.15, -0.1) is 0 Å². The third-order valence-corrected chi connectivity index (χ3v) is 5.21. The van der Waals surface area contributed by atoms with E-state index >= 15 is 0 Å². The standard InChI is InChI=1S/C14H20O3/c1-2-17-13(16)9-6-10-11-4-3-5-14(11,7-9)8-12(10)15/h9-11H,2-8H2,1H3. The molecule has 0 amide bonds. The Hall–Kier alpha value is -0.860. The molecule has 0 N–H and O–H groups in total. The Balaban J connectivity index is 1.82. The van der Waals surface area contributed by atoms with Gasteiger partial charge in [0, 0.05) is 12.3 Å². The van der Waals surface area contributed by atoms with Crippen molar-refractivity contribution in [2.45, 2.75) is 45.4 Å². The maximum Gasteiger partial charge on any atom is 0.308 e. The number of ether oxygens (including phenoxy) is 1. The highest BCUT2D eigenvalue weighted by Crippen LogP contribution is 2.63. The lowest BCUT2D eigenvalue weighted by molar-refractivity contribution is -0.151. The Morgan fingerprint density at radius 2 is 2.35 bits per heavy atom. The van der Waals surface area contributed by atoms with E-state index in [4.69, 9.17) is 4.74 Å². The Morgan fingerprint density at radius 1 is 1.53 bits per heavy atom. The van der Waals surface area contributed by atoms with E-state index in [1.54, 1.807) is 0 Å². The van der Waals surface area contributed by atoms with Gasteiger partial charge in [-0.25, -0.2) is 0 Å². The molecule has 0 aliphatic heterocycles. The van der Waals surface area contributed by atoms with Gasteiger partial charge < -0.3 is 4.74 Å². The molecule has 94 valence electrons. The number of hydrogen-bond acceptors (Lipinski definition) is 3. The Labute approximate surface area is 102 Å². The van der Waals surface area contributed by atoms with Crippen LogP contribution in [0.15, 0.2) is 0 Å². The van der Waals surface area contributed by atoms with Crippen LogP contribution in [0.1, 0.15) is 45.4 Å². The first-order chi connectivity index (χ1) is 8.16. The van der Waals surface area contributed by atoms with E-state index in [0.717, 1.165) is 25.7 Å². The van der Waals surface area contributed by atoms with Gasteiger partial charge in [0.25, 0.3) is 0 Å². The first kappa shape index (κ1) is 11.2. The molecule has 3 aliphatic carbocycles. The van der Waals surface area contributed by atoms with E-state index in [9.17, 15) is 9.59 Å². The summed E-state index contributed by atoms with van der Waals surface area (Å²) in [5, 5.41) is 0. The maximum absolute atomic E-state index is 12.0. The highest BCUT2D eigenvalue weighted by atomic mass is 16.5. The van der Waals surface area contributed by atoms with Gasteiger partial charge in [0.2, 0.25) is 0 Å². The van der Waals surface area contributed by atoms with E-state index in [0.29, 0.717) is 18.3 Å². The van der Waals surface area contributed by atoms with Gasteiger partial charge >= 0.3 is 5.97 Å². The summed E-state index contributed by atoms with van der Waals surface area (Å²) in [5.74, 6) is 1.08. The van der Waals surface area contributed by atoms with Crippen LogP contribution in [0.25, 0.3) is 0 Å². The third-order valence-electron chi connectivity index (χ3n) is 5.21. The zero-order valence-corrected chi connectivity index (χ0v) is 10.4. The largest absolute Gasteiger partial charge is 0.466 e. The first-order valence-corrected chi connectivity index (χ1v) is 6.85. The quantitative estimate of drug-likeness (QED) is 0.691. The van der Waals surface area contributed by atoms with Gasteiger partial charge in [-0.1, -0.05) is 6.42 Å². The van der Waals surface area contributed by atoms with E-state index in [1.165, 1.54) is 12.8 Å². The van der Waals surface area contributed by atoms with Crippen molar-refractivity contribution in [2.24, 2.45) is 23.2 Å². The number of carbonyl (C=O) groups is 2. The van der Waals surface area contributed by atoms with E-state index in [2.05, 4.69) is 0 Å². The SMILES string of the molecule is CCOC(=O)C1CC2C(=O)CC3(CCCC23)C1. The molecule has 0 aromatic heterocycles. The van der Waals surface area contributed by atoms with Gasteiger partial charge in [0.1, 0.15) is 5.78 Å². The summed E-state index contributed by atoms with van der Waals surface area (Å²) in [5.41, 5.74) is 0.178. The van der Waals surface area contributed by atoms with Crippen molar-refractivity contribution in [1.82, 2.24) is 0 Å². The third kappa shape index (κ3) is 1.54. The van der Waals surface area contributed by atoms with E-state index in [1.807, 2.05) is 6.92 Å². The second-order valence-electron chi connectivity index (χ2n) is 6.00. The van der Waals surface area contributed by atoms with Crippen molar-refractivity contribution in [1.29, 1.82) is 0 Å². The number of Topliss-reactive ketones (excluding diaryl/α,β-unsaturated/α-hetero) is 1. The minimum absolute atomic E-state index is 0.0132. The number of ketones is 1. The van der Waals surface area contributed by atoms with E-state index < -0.39 is 0 Å². The van der Waals surface area contributed by atoms with Crippen molar-refractivity contribution in [2.75, 3.05) is 6.61 Å². The van der Waals surface area contributed by atoms with Crippen molar-refractivity contribution in [3.8, 4) is 0 Å². The molecular formula is C14H20O3. The molecule has 3 saturated carbocycles. The van der Waals surface area contributed by atoms with E-state index in [-0.39, 0.29) is 23.2 Å². The Morgan fingerprint density at radius 3 is 3.12 bits per heavy atom. The van der Waals surface area contributed by atoms with Crippen molar-refractivity contribution < 1.29 is 14.3 Å². The zero-order valence-electron chi connectivity index (χ0n) is 10.4. The van der Waals surface area contributed by atoms with Gasteiger partial charge in [-0.2, -0.15) is 0 Å². The fraction of sp³-hybridized carbons (Fsp3) is 0.857. The van der Waals surface area contributed by atoms with Crippen LogP contribution in [0, 0.1) is 23.2 Å². The fourth-order valence-electron chi connectivity index (χ4n) is 4.66. The summed E-state index contributed by atoms with van der Waals surface area (Å²) in [6.07, 6.45) is 5.98. The maximum atomic E-state index is 12.0. The lowest BCUT2D eigenvalue weighted by atomic mass is 9.65. The molecule has 0 spiro atoms. The van der Waals surface area contributed by atoms with Gasteiger partial charge in [-0.05, 0) is 43.9 Å². The zero-order chi connectivity index (χ0) is 12.0. The van der Waals surface area contributed by atoms with Crippen molar-refractivity contribution in [3.05, 3.63) is 0 Å². The lowest BCUT2D eigenvalue weighted by Gasteiger charge is -2.38. The van der Waals surface area contributed by atoms with Gasteiger partial charge in [0.15, 0.2) is 0 Å². The number of rotatable bonds is 2. The first-order valence-electron chi connectivity index (χ1n) is 6.85. The molecule has 0 aromatic rings. The topological polar surface area (TPSA) is 43.4 Å². The molecule has 0 aromatic carbocycles. The predicted molar refractivity (Wildman–Crippen MR) is 62.2 cm³/mol. The van der Waals surface area contributed by atoms with Crippen LogP contribution in [-0.4, -0.2) is 18.4 Å². The molecule has 3 nitrogen and oxygen atoms in total. The average Bonchev–Trinajstić information content (AvgIpc) is 2.74. The summed E-state index contributed by atoms with van der Waals surface area (Å²) in [6, 6.07) is 0. The summed E-state index contributed by atoms with van der Waals surface area (Å²) < 4.78 is 5.14. The minimum Gasteiger partial charge on any atom is -0.466 e. The minimum atomic E-state index is -0.0723. The molecule has 2 bridgehead atoms. The van der Waals surface area contributed by atoms with Crippen molar-refractivity contribution >= 4 is 11.8 Å². The van der Waals surface area contributed by atoms with Gasteiger partial charge in [0.05, 0.1) is 12.5 Å². The Bertz CT molecular complexity index is 362. The Kier molecular flexibility index (Phi) is 2.53. The smallest absolute Gasteiger partial charge is 0.308 e. The number of esters is 1. The molecule has 3 rings (SSSR count). The highest BCUT2D eigenvalue weighted by molar-refractivity contribution is 5.87. The average molecular weight is 236 g/mol. The summed E-state index contributed by atoms with van der Waals surface area (Å²) in [6.45, 7) is 2.29. The molecule has 0 radical (unpaired) electrons. The molecule has 4 atom stereocenters. The van der Waals surface area contributed by atoms with Crippen LogP contribution in [0.3, 0.4) is 0 Å². The predicted octanol–water partition coefficient (Wildman–Crippen LogP) is 2.33. The normalized spacial score (nSPS) is 43.6. The van der Waals surface area contributed by atoms with Crippen molar-refractivity contribution in [3.63, 3.8) is 0 Å². The second-order valence-corrected chi connectivity index (χ2v) is 6.00. The van der Waals surface area contributed by atoms with Crippen LogP contribution < -0.4 is 0 Å². The lowest BCUT2D eigenvalue weighted by Crippen LogP contribution is -2.36. The van der Waals surface area contributed by atoms with Crippen LogP contribution in [-0.2, 0) is 14.3 Å². The summed E-state index contributed by atoms with van der Waals surface area (Å²) in [4.78, 5) is 23.9. The molecule has 3 heteroatoms. The molecule has 0 heterocycles. The molecule has 3 aliphatic rings. The number of carbonyl (C=O) groups excluding carboxylic acids is 2. The van der Waals surface area contributed by atoms with Gasteiger partial charge in [-0.3, -0.25) is 9.59 Å². The summed E-state index contributed by atoms with van der Waals surface area (Å²) >= 11 is 0. The van der Waals surface area contributed by atoms with Crippen LogP contribution >= 0.6 is 0 Å². The molecule has 3 fully saturated rings. The molecular weight excluding hydrogens is 216 g/mol. The number of hydrogen-bond donors (Lipinski definition) is 0. The molecule has 0 saturated heterocycles. The summed E-state index contributed by atoms with van der Waals surface area (Å²) in [7, 11) is 0.